The van der Waals surface area contributed by atoms with Crippen molar-refractivity contribution in [2.75, 3.05) is 5.32 Å². The number of aryl methyl sites for hydroxylation is 1. The van der Waals surface area contributed by atoms with E-state index in [1.807, 2.05) is 38.1 Å². The zero-order chi connectivity index (χ0) is 14.0. The third-order valence-corrected chi connectivity index (χ3v) is 3.57. The van der Waals surface area contributed by atoms with E-state index in [0.717, 1.165) is 16.8 Å². The van der Waals surface area contributed by atoms with Gasteiger partial charge in [-0.15, -0.1) is 0 Å². The van der Waals surface area contributed by atoms with Gasteiger partial charge in [-0.1, -0.05) is 29.3 Å². The minimum absolute atomic E-state index is 0.0497. The summed E-state index contributed by atoms with van der Waals surface area (Å²) < 4.78 is 0. The summed E-state index contributed by atoms with van der Waals surface area (Å²) in [6.45, 7) is 3.89. The molecule has 2 aromatic rings. The monoisotopic (exact) mass is 295 g/mol. The summed E-state index contributed by atoms with van der Waals surface area (Å²) in [5.41, 5.74) is 2.75. The molecule has 2 N–H and O–H groups in total. The molecule has 1 atom stereocenters. The quantitative estimate of drug-likeness (QED) is 0.765. The van der Waals surface area contributed by atoms with Crippen LogP contribution < -0.4 is 5.32 Å². The number of rotatable bonds is 3. The average molecular weight is 296 g/mol. The van der Waals surface area contributed by atoms with E-state index < -0.39 is 0 Å². The van der Waals surface area contributed by atoms with Crippen molar-refractivity contribution in [3.8, 4) is 5.75 Å². The van der Waals surface area contributed by atoms with E-state index in [2.05, 4.69) is 5.32 Å². The fraction of sp³-hybridized carbons (Fsp3) is 0.200. The molecule has 0 aromatic heterocycles. The van der Waals surface area contributed by atoms with Gasteiger partial charge in [0.2, 0.25) is 0 Å². The van der Waals surface area contributed by atoms with Crippen LogP contribution in [0.5, 0.6) is 5.75 Å². The van der Waals surface area contributed by atoms with Crippen molar-refractivity contribution < 1.29 is 5.11 Å². The van der Waals surface area contributed by atoms with Crippen LogP contribution in [-0.2, 0) is 0 Å². The van der Waals surface area contributed by atoms with Crippen molar-refractivity contribution in [3.05, 3.63) is 57.6 Å². The van der Waals surface area contributed by atoms with Crippen LogP contribution in [0.15, 0.2) is 36.4 Å². The van der Waals surface area contributed by atoms with Crippen LogP contribution in [0.1, 0.15) is 24.1 Å². The van der Waals surface area contributed by atoms with Crippen LogP contribution in [0.2, 0.25) is 10.0 Å². The SMILES string of the molecule is Cc1cc(NC(C)c2ccc(Cl)cc2Cl)ccc1O. The highest BCUT2D eigenvalue weighted by atomic mass is 35.5. The second-order valence-corrected chi connectivity index (χ2v) is 5.38. The summed E-state index contributed by atoms with van der Waals surface area (Å²) in [4.78, 5) is 0. The van der Waals surface area contributed by atoms with Gasteiger partial charge in [0, 0.05) is 21.8 Å². The Labute approximate surface area is 123 Å². The number of halogens is 2. The lowest BCUT2D eigenvalue weighted by Gasteiger charge is -2.17. The van der Waals surface area contributed by atoms with E-state index in [9.17, 15) is 5.11 Å². The highest BCUT2D eigenvalue weighted by Gasteiger charge is 2.10. The molecule has 0 fully saturated rings. The second kappa shape index (κ2) is 5.72. The first-order valence-electron chi connectivity index (χ1n) is 5.98. The maximum absolute atomic E-state index is 9.51. The Morgan fingerprint density at radius 1 is 1.11 bits per heavy atom. The molecule has 0 aliphatic rings. The molecule has 0 bridgehead atoms. The molecule has 0 aliphatic carbocycles. The number of aromatic hydroxyl groups is 1. The summed E-state index contributed by atoms with van der Waals surface area (Å²) in [5, 5.41) is 14.1. The van der Waals surface area contributed by atoms with Gasteiger partial charge in [-0.3, -0.25) is 0 Å². The number of benzene rings is 2. The molecule has 0 aliphatic heterocycles. The van der Waals surface area contributed by atoms with E-state index in [1.54, 1.807) is 12.1 Å². The highest BCUT2D eigenvalue weighted by Crippen LogP contribution is 2.29. The van der Waals surface area contributed by atoms with Crippen molar-refractivity contribution in [2.24, 2.45) is 0 Å². The van der Waals surface area contributed by atoms with Gasteiger partial charge in [-0.25, -0.2) is 0 Å². The molecule has 0 amide bonds. The molecule has 2 nitrogen and oxygen atoms in total. The molecular formula is C15H15Cl2NO. The van der Waals surface area contributed by atoms with Crippen LogP contribution in [-0.4, -0.2) is 5.11 Å². The Kier molecular flexibility index (Phi) is 4.23. The fourth-order valence-corrected chi connectivity index (χ4v) is 2.50. The number of anilines is 1. The standard InChI is InChI=1S/C15H15Cl2NO/c1-9-7-12(4-6-15(9)19)18-10(2)13-5-3-11(16)8-14(13)17/h3-8,10,18-19H,1-2H3. The van der Waals surface area contributed by atoms with E-state index in [0.29, 0.717) is 15.8 Å². The van der Waals surface area contributed by atoms with Crippen molar-refractivity contribution in [1.82, 2.24) is 0 Å². The Morgan fingerprint density at radius 2 is 1.84 bits per heavy atom. The minimum Gasteiger partial charge on any atom is -0.508 e. The summed E-state index contributed by atoms with van der Waals surface area (Å²) >= 11 is 12.1. The van der Waals surface area contributed by atoms with Crippen LogP contribution >= 0.6 is 23.2 Å². The van der Waals surface area contributed by atoms with Gasteiger partial charge in [-0.2, -0.15) is 0 Å². The van der Waals surface area contributed by atoms with Crippen molar-refractivity contribution in [2.45, 2.75) is 19.9 Å². The predicted molar refractivity (Wildman–Crippen MR) is 81.3 cm³/mol. The summed E-state index contributed by atoms with van der Waals surface area (Å²) in [6, 6.07) is 10.9. The average Bonchev–Trinajstić information content (AvgIpc) is 2.33. The topological polar surface area (TPSA) is 32.3 Å². The minimum atomic E-state index is 0.0497. The third-order valence-electron chi connectivity index (χ3n) is 3.01. The molecule has 100 valence electrons. The van der Waals surface area contributed by atoms with E-state index in [-0.39, 0.29) is 6.04 Å². The number of nitrogens with one attached hydrogen (secondary N) is 1. The van der Waals surface area contributed by atoms with Gasteiger partial charge in [-0.05, 0) is 55.3 Å². The van der Waals surface area contributed by atoms with Crippen LogP contribution in [0, 0.1) is 6.92 Å². The first-order chi connectivity index (χ1) is 8.97. The number of phenolic OH excluding ortho intramolecular Hbond substituents is 1. The molecule has 0 saturated heterocycles. The summed E-state index contributed by atoms with van der Waals surface area (Å²) in [6.07, 6.45) is 0. The lowest BCUT2D eigenvalue weighted by Crippen LogP contribution is -2.07. The molecule has 0 spiro atoms. The van der Waals surface area contributed by atoms with Gasteiger partial charge >= 0.3 is 0 Å². The lowest BCUT2D eigenvalue weighted by molar-refractivity contribution is 0.471. The number of hydrogen-bond acceptors (Lipinski definition) is 2. The number of hydrogen-bond donors (Lipinski definition) is 2. The first-order valence-corrected chi connectivity index (χ1v) is 6.74. The molecule has 19 heavy (non-hydrogen) atoms. The van der Waals surface area contributed by atoms with Crippen LogP contribution in [0.3, 0.4) is 0 Å². The third kappa shape index (κ3) is 3.34. The second-order valence-electron chi connectivity index (χ2n) is 4.53. The van der Waals surface area contributed by atoms with Crippen molar-refractivity contribution >= 4 is 28.9 Å². The maximum Gasteiger partial charge on any atom is 0.118 e. The smallest absolute Gasteiger partial charge is 0.118 e. The van der Waals surface area contributed by atoms with Gasteiger partial charge in [0.05, 0.1) is 0 Å². The summed E-state index contributed by atoms with van der Waals surface area (Å²) in [5.74, 6) is 0.294. The molecular weight excluding hydrogens is 281 g/mol. The highest BCUT2D eigenvalue weighted by molar-refractivity contribution is 6.35. The van der Waals surface area contributed by atoms with Crippen LogP contribution in [0.25, 0.3) is 0 Å². The normalized spacial score (nSPS) is 12.2. The molecule has 0 heterocycles. The van der Waals surface area contributed by atoms with E-state index >= 15 is 0 Å². The van der Waals surface area contributed by atoms with Gasteiger partial charge in [0.15, 0.2) is 0 Å². The fourth-order valence-electron chi connectivity index (χ4n) is 1.93. The van der Waals surface area contributed by atoms with Gasteiger partial charge in [0.1, 0.15) is 5.75 Å². The summed E-state index contributed by atoms with van der Waals surface area (Å²) in [7, 11) is 0. The van der Waals surface area contributed by atoms with E-state index in [4.69, 9.17) is 23.2 Å². The first kappa shape index (κ1) is 14.0. The lowest BCUT2D eigenvalue weighted by atomic mass is 10.1. The molecule has 0 saturated carbocycles. The zero-order valence-corrected chi connectivity index (χ0v) is 12.3. The Hall–Kier alpha value is -1.38. The van der Waals surface area contributed by atoms with Gasteiger partial charge < -0.3 is 10.4 Å². The van der Waals surface area contributed by atoms with E-state index in [1.165, 1.54) is 0 Å². The number of phenols is 1. The molecule has 2 rings (SSSR count). The molecule has 1 unspecified atom stereocenters. The van der Waals surface area contributed by atoms with Gasteiger partial charge in [0.25, 0.3) is 0 Å². The predicted octanol–water partition coefficient (Wildman–Crippen LogP) is 5.18. The Bertz CT molecular complexity index is 599. The Balaban J connectivity index is 2.20. The molecule has 0 radical (unpaired) electrons. The maximum atomic E-state index is 9.51. The van der Waals surface area contributed by atoms with Crippen molar-refractivity contribution in [3.63, 3.8) is 0 Å². The van der Waals surface area contributed by atoms with Crippen molar-refractivity contribution in [1.29, 1.82) is 0 Å². The molecule has 2 aromatic carbocycles. The zero-order valence-electron chi connectivity index (χ0n) is 10.7. The molecule has 4 heteroatoms. The largest absolute Gasteiger partial charge is 0.508 e. The van der Waals surface area contributed by atoms with Crippen LogP contribution in [0.4, 0.5) is 5.69 Å². The Morgan fingerprint density at radius 3 is 2.47 bits per heavy atom.